The molecule has 1 N–H and O–H groups in total. The van der Waals surface area contributed by atoms with Crippen LogP contribution in [-0.4, -0.2) is 22.4 Å². The van der Waals surface area contributed by atoms with Crippen molar-refractivity contribution in [3.05, 3.63) is 58.9 Å². The van der Waals surface area contributed by atoms with Gasteiger partial charge >= 0.3 is 0 Å². The number of amides is 1. The zero-order valence-corrected chi connectivity index (χ0v) is 12.5. The minimum absolute atomic E-state index is 0.0817. The fourth-order valence-electron chi connectivity index (χ4n) is 2.13. The van der Waals surface area contributed by atoms with Crippen molar-refractivity contribution < 1.29 is 4.79 Å². The van der Waals surface area contributed by atoms with Gasteiger partial charge in [-0.25, -0.2) is 4.98 Å². The molecule has 0 fully saturated rings. The van der Waals surface area contributed by atoms with Crippen molar-refractivity contribution in [2.24, 2.45) is 0 Å². The predicted molar refractivity (Wildman–Crippen MR) is 84.6 cm³/mol. The molecule has 3 rings (SSSR count). The third-order valence-electron chi connectivity index (χ3n) is 3.21. The summed E-state index contributed by atoms with van der Waals surface area (Å²) in [4.78, 5) is 20.7. The van der Waals surface area contributed by atoms with Gasteiger partial charge in [0.1, 0.15) is 0 Å². The standard InChI is InChI=1S/C16H15N3OS/c1-11-12(5-4-9-17-11)16(20)18-10-8-15-19-13-6-2-3-7-14(13)21-15/h2-7,9H,8,10H2,1H3,(H,18,20). The number of rotatable bonds is 4. The molecule has 0 saturated heterocycles. The van der Waals surface area contributed by atoms with E-state index >= 15 is 0 Å². The first-order valence-corrected chi connectivity index (χ1v) is 7.60. The van der Waals surface area contributed by atoms with Gasteiger partial charge in [0.15, 0.2) is 0 Å². The number of nitrogens with zero attached hydrogens (tertiary/aromatic N) is 2. The van der Waals surface area contributed by atoms with Crippen molar-refractivity contribution in [2.45, 2.75) is 13.3 Å². The van der Waals surface area contributed by atoms with E-state index in [2.05, 4.69) is 21.4 Å². The lowest BCUT2D eigenvalue weighted by atomic mass is 10.2. The van der Waals surface area contributed by atoms with Crippen molar-refractivity contribution in [3.8, 4) is 0 Å². The summed E-state index contributed by atoms with van der Waals surface area (Å²) in [5, 5.41) is 3.96. The van der Waals surface area contributed by atoms with E-state index in [4.69, 9.17) is 0 Å². The van der Waals surface area contributed by atoms with E-state index in [0.29, 0.717) is 12.1 Å². The summed E-state index contributed by atoms with van der Waals surface area (Å²) in [5.41, 5.74) is 2.39. The Morgan fingerprint density at radius 1 is 1.24 bits per heavy atom. The number of para-hydroxylation sites is 1. The highest BCUT2D eigenvalue weighted by atomic mass is 32.1. The van der Waals surface area contributed by atoms with E-state index in [1.165, 1.54) is 4.70 Å². The second kappa shape index (κ2) is 6.01. The molecule has 0 unspecified atom stereocenters. The maximum absolute atomic E-state index is 12.1. The molecular weight excluding hydrogens is 282 g/mol. The Bertz CT molecular complexity index is 749. The van der Waals surface area contributed by atoms with Crippen molar-refractivity contribution >= 4 is 27.5 Å². The van der Waals surface area contributed by atoms with Gasteiger partial charge in [-0.15, -0.1) is 11.3 Å². The lowest BCUT2D eigenvalue weighted by molar-refractivity contribution is 0.0953. The highest BCUT2D eigenvalue weighted by Gasteiger charge is 2.09. The number of carbonyl (C=O) groups excluding carboxylic acids is 1. The van der Waals surface area contributed by atoms with E-state index in [0.717, 1.165) is 22.6 Å². The molecule has 106 valence electrons. The van der Waals surface area contributed by atoms with Gasteiger partial charge in [0, 0.05) is 24.9 Å². The first-order valence-electron chi connectivity index (χ1n) is 6.78. The number of hydrogen-bond donors (Lipinski definition) is 1. The topological polar surface area (TPSA) is 54.9 Å². The zero-order chi connectivity index (χ0) is 14.7. The lowest BCUT2D eigenvalue weighted by Gasteiger charge is -2.05. The van der Waals surface area contributed by atoms with E-state index in [1.54, 1.807) is 29.7 Å². The SMILES string of the molecule is Cc1ncccc1C(=O)NCCc1nc2ccccc2s1. The summed E-state index contributed by atoms with van der Waals surface area (Å²) >= 11 is 1.67. The normalized spacial score (nSPS) is 10.7. The lowest BCUT2D eigenvalue weighted by Crippen LogP contribution is -2.26. The minimum atomic E-state index is -0.0817. The largest absolute Gasteiger partial charge is 0.352 e. The number of fused-ring (bicyclic) bond motifs is 1. The predicted octanol–water partition coefficient (Wildman–Crippen LogP) is 2.97. The van der Waals surface area contributed by atoms with Crippen LogP contribution < -0.4 is 5.32 Å². The summed E-state index contributed by atoms with van der Waals surface area (Å²) in [6.07, 6.45) is 2.43. The monoisotopic (exact) mass is 297 g/mol. The summed E-state index contributed by atoms with van der Waals surface area (Å²) in [6.45, 7) is 2.41. The highest BCUT2D eigenvalue weighted by molar-refractivity contribution is 7.18. The fraction of sp³-hybridized carbons (Fsp3) is 0.188. The van der Waals surface area contributed by atoms with E-state index < -0.39 is 0 Å². The molecule has 5 heteroatoms. The molecule has 21 heavy (non-hydrogen) atoms. The van der Waals surface area contributed by atoms with Gasteiger partial charge < -0.3 is 5.32 Å². The molecule has 0 bridgehead atoms. The van der Waals surface area contributed by atoms with Crippen LogP contribution in [0, 0.1) is 6.92 Å². The van der Waals surface area contributed by atoms with Crippen molar-refractivity contribution in [3.63, 3.8) is 0 Å². The van der Waals surface area contributed by atoms with Gasteiger partial charge in [0.25, 0.3) is 5.91 Å². The third kappa shape index (κ3) is 3.08. The second-order valence-corrected chi connectivity index (χ2v) is 5.83. The number of aromatic nitrogens is 2. The molecule has 4 nitrogen and oxygen atoms in total. The van der Waals surface area contributed by atoms with Crippen LogP contribution in [0.15, 0.2) is 42.6 Å². The number of pyridine rings is 1. The van der Waals surface area contributed by atoms with Gasteiger partial charge in [0.2, 0.25) is 0 Å². The van der Waals surface area contributed by atoms with E-state index in [9.17, 15) is 4.79 Å². The molecule has 0 atom stereocenters. The van der Waals surface area contributed by atoms with Crippen molar-refractivity contribution in [2.75, 3.05) is 6.54 Å². The maximum atomic E-state index is 12.1. The Balaban J connectivity index is 1.61. The van der Waals surface area contributed by atoms with Crippen molar-refractivity contribution in [1.82, 2.24) is 15.3 Å². The summed E-state index contributed by atoms with van der Waals surface area (Å²) in [7, 11) is 0. The molecule has 2 aromatic heterocycles. The third-order valence-corrected chi connectivity index (χ3v) is 4.31. The van der Waals surface area contributed by atoms with Crippen LogP contribution in [0.1, 0.15) is 21.1 Å². The highest BCUT2D eigenvalue weighted by Crippen LogP contribution is 2.21. The Labute approximate surface area is 126 Å². The number of nitrogens with one attached hydrogen (secondary N) is 1. The second-order valence-electron chi connectivity index (χ2n) is 4.72. The molecular formula is C16H15N3OS. The average Bonchev–Trinajstić information content (AvgIpc) is 2.90. The van der Waals surface area contributed by atoms with Crippen LogP contribution >= 0.6 is 11.3 Å². The first-order chi connectivity index (χ1) is 10.2. The van der Waals surface area contributed by atoms with Gasteiger partial charge in [-0.05, 0) is 31.2 Å². The number of hydrogen-bond acceptors (Lipinski definition) is 4. The summed E-state index contributed by atoms with van der Waals surface area (Å²) < 4.78 is 1.18. The van der Waals surface area contributed by atoms with Gasteiger partial charge in [-0.2, -0.15) is 0 Å². The minimum Gasteiger partial charge on any atom is -0.352 e. The van der Waals surface area contributed by atoms with E-state index in [1.807, 2.05) is 25.1 Å². The molecule has 0 aliphatic rings. The molecule has 1 aromatic carbocycles. The smallest absolute Gasteiger partial charge is 0.253 e. The van der Waals surface area contributed by atoms with E-state index in [-0.39, 0.29) is 5.91 Å². The first kappa shape index (κ1) is 13.7. The van der Waals surface area contributed by atoms with Crippen LogP contribution in [0.25, 0.3) is 10.2 Å². The van der Waals surface area contributed by atoms with Crippen LogP contribution in [-0.2, 0) is 6.42 Å². The number of benzene rings is 1. The zero-order valence-electron chi connectivity index (χ0n) is 11.7. The summed E-state index contributed by atoms with van der Waals surface area (Å²) in [5.74, 6) is -0.0817. The fourth-order valence-corrected chi connectivity index (χ4v) is 3.10. The molecule has 2 heterocycles. The molecule has 0 spiro atoms. The van der Waals surface area contributed by atoms with Crippen LogP contribution in [0.5, 0.6) is 0 Å². The van der Waals surface area contributed by atoms with Crippen LogP contribution in [0.3, 0.4) is 0 Å². The Kier molecular flexibility index (Phi) is 3.92. The van der Waals surface area contributed by atoms with Crippen LogP contribution in [0.2, 0.25) is 0 Å². The summed E-state index contributed by atoms with van der Waals surface area (Å²) in [6, 6.07) is 11.6. The Morgan fingerprint density at radius 3 is 2.90 bits per heavy atom. The Hall–Kier alpha value is -2.27. The molecule has 0 aliphatic carbocycles. The molecule has 0 aliphatic heterocycles. The molecule has 0 radical (unpaired) electrons. The average molecular weight is 297 g/mol. The van der Waals surface area contributed by atoms with Crippen molar-refractivity contribution in [1.29, 1.82) is 0 Å². The number of aryl methyl sites for hydroxylation is 1. The van der Waals surface area contributed by atoms with Gasteiger partial charge in [0.05, 0.1) is 20.8 Å². The molecule has 1 amide bonds. The number of thiazole rings is 1. The van der Waals surface area contributed by atoms with Crippen LogP contribution in [0.4, 0.5) is 0 Å². The quantitative estimate of drug-likeness (QED) is 0.805. The molecule has 0 saturated carbocycles. The Morgan fingerprint density at radius 2 is 2.10 bits per heavy atom. The van der Waals surface area contributed by atoms with Gasteiger partial charge in [-0.3, -0.25) is 9.78 Å². The maximum Gasteiger partial charge on any atom is 0.253 e. The van der Waals surface area contributed by atoms with Gasteiger partial charge in [-0.1, -0.05) is 12.1 Å². The molecule has 3 aromatic rings. The number of carbonyl (C=O) groups is 1.